The summed E-state index contributed by atoms with van der Waals surface area (Å²) in [5, 5.41) is 3.36. The molecule has 1 aromatic rings. The van der Waals surface area contributed by atoms with Crippen molar-refractivity contribution in [2.24, 2.45) is 0 Å². The molecule has 0 amide bonds. The Morgan fingerprint density at radius 2 is 2.22 bits per heavy atom. The van der Waals surface area contributed by atoms with Gasteiger partial charge in [-0.1, -0.05) is 13.0 Å². The zero-order valence-corrected chi connectivity index (χ0v) is 11.9. The fourth-order valence-corrected chi connectivity index (χ4v) is 2.09. The molecule has 18 heavy (non-hydrogen) atoms. The second-order valence-electron chi connectivity index (χ2n) is 4.36. The van der Waals surface area contributed by atoms with Crippen LogP contribution in [0, 0.1) is 0 Å². The normalized spacial score (nSPS) is 12.4. The van der Waals surface area contributed by atoms with Crippen LogP contribution < -0.4 is 10.2 Å². The first kappa shape index (κ1) is 14.9. The van der Waals surface area contributed by atoms with Gasteiger partial charge in [0.25, 0.3) is 0 Å². The molecule has 1 aromatic heterocycles. The predicted molar refractivity (Wildman–Crippen MR) is 76.0 cm³/mol. The summed E-state index contributed by atoms with van der Waals surface area (Å²) in [7, 11) is 1.74. The van der Waals surface area contributed by atoms with E-state index in [-0.39, 0.29) is 0 Å². The van der Waals surface area contributed by atoms with Crippen LogP contribution >= 0.6 is 0 Å². The van der Waals surface area contributed by atoms with Crippen LogP contribution in [0.2, 0.25) is 0 Å². The SMILES string of the molecule is CCNCc1cccnc1N(CC)C(C)COC. The molecule has 0 saturated heterocycles. The highest BCUT2D eigenvalue weighted by atomic mass is 16.5. The molecular weight excluding hydrogens is 226 g/mol. The van der Waals surface area contributed by atoms with E-state index in [2.05, 4.69) is 42.0 Å². The molecule has 0 radical (unpaired) electrons. The molecule has 0 aromatic carbocycles. The lowest BCUT2D eigenvalue weighted by Crippen LogP contribution is -2.37. The molecular formula is C14H25N3O. The molecule has 0 spiro atoms. The Morgan fingerprint density at radius 1 is 1.44 bits per heavy atom. The van der Waals surface area contributed by atoms with Crippen molar-refractivity contribution >= 4 is 5.82 Å². The van der Waals surface area contributed by atoms with Crippen molar-refractivity contribution in [2.45, 2.75) is 33.4 Å². The Hall–Kier alpha value is -1.13. The summed E-state index contributed by atoms with van der Waals surface area (Å²) >= 11 is 0. The van der Waals surface area contributed by atoms with E-state index in [1.165, 1.54) is 5.56 Å². The quantitative estimate of drug-likeness (QED) is 0.767. The van der Waals surface area contributed by atoms with Gasteiger partial charge in [0, 0.05) is 32.0 Å². The Labute approximate surface area is 110 Å². The van der Waals surface area contributed by atoms with E-state index in [1.807, 2.05) is 12.3 Å². The number of anilines is 1. The number of likely N-dealkylation sites (N-methyl/N-ethyl adjacent to an activating group) is 1. The first-order valence-electron chi connectivity index (χ1n) is 6.64. The first-order valence-corrected chi connectivity index (χ1v) is 6.64. The van der Waals surface area contributed by atoms with Gasteiger partial charge in [-0.3, -0.25) is 0 Å². The Balaban J connectivity index is 2.89. The summed E-state index contributed by atoms with van der Waals surface area (Å²) in [5.74, 6) is 1.06. The van der Waals surface area contributed by atoms with E-state index in [0.29, 0.717) is 12.6 Å². The average Bonchev–Trinajstić information content (AvgIpc) is 2.39. The number of methoxy groups -OCH3 is 1. The zero-order valence-electron chi connectivity index (χ0n) is 11.9. The van der Waals surface area contributed by atoms with Crippen molar-refractivity contribution in [1.82, 2.24) is 10.3 Å². The molecule has 0 aliphatic carbocycles. The van der Waals surface area contributed by atoms with Gasteiger partial charge >= 0.3 is 0 Å². The van der Waals surface area contributed by atoms with Gasteiger partial charge in [-0.2, -0.15) is 0 Å². The molecule has 0 fully saturated rings. The predicted octanol–water partition coefficient (Wildman–Crippen LogP) is 2.05. The third-order valence-corrected chi connectivity index (χ3v) is 2.99. The lowest BCUT2D eigenvalue weighted by molar-refractivity contribution is 0.181. The lowest BCUT2D eigenvalue weighted by atomic mass is 10.2. The third-order valence-electron chi connectivity index (χ3n) is 2.99. The molecule has 4 heteroatoms. The van der Waals surface area contributed by atoms with Crippen LogP contribution in [0.5, 0.6) is 0 Å². The van der Waals surface area contributed by atoms with Crippen LogP contribution in [-0.4, -0.2) is 37.8 Å². The van der Waals surface area contributed by atoms with Gasteiger partial charge in [0.05, 0.1) is 12.6 Å². The minimum atomic E-state index is 0.329. The smallest absolute Gasteiger partial charge is 0.133 e. The van der Waals surface area contributed by atoms with Crippen LogP contribution in [0.4, 0.5) is 5.82 Å². The second-order valence-corrected chi connectivity index (χ2v) is 4.36. The maximum atomic E-state index is 5.24. The maximum Gasteiger partial charge on any atom is 0.133 e. The van der Waals surface area contributed by atoms with Crippen molar-refractivity contribution < 1.29 is 4.74 Å². The molecule has 1 rings (SSSR count). The number of hydrogen-bond donors (Lipinski definition) is 1. The monoisotopic (exact) mass is 251 g/mol. The minimum absolute atomic E-state index is 0.329. The molecule has 1 heterocycles. The van der Waals surface area contributed by atoms with Crippen molar-refractivity contribution in [3.8, 4) is 0 Å². The van der Waals surface area contributed by atoms with Gasteiger partial charge in [-0.25, -0.2) is 4.98 Å². The van der Waals surface area contributed by atoms with Crippen molar-refractivity contribution in [1.29, 1.82) is 0 Å². The number of ether oxygens (including phenoxy) is 1. The molecule has 0 saturated carbocycles. The van der Waals surface area contributed by atoms with Crippen LogP contribution in [0.15, 0.2) is 18.3 Å². The van der Waals surface area contributed by atoms with Crippen LogP contribution in [0.1, 0.15) is 26.3 Å². The van der Waals surface area contributed by atoms with Gasteiger partial charge in [0.2, 0.25) is 0 Å². The topological polar surface area (TPSA) is 37.4 Å². The summed E-state index contributed by atoms with van der Waals surface area (Å²) in [6.07, 6.45) is 1.85. The molecule has 0 aliphatic heterocycles. The summed E-state index contributed by atoms with van der Waals surface area (Å²) in [5.41, 5.74) is 1.24. The highest BCUT2D eigenvalue weighted by Gasteiger charge is 2.16. The summed E-state index contributed by atoms with van der Waals surface area (Å²) < 4.78 is 5.24. The molecule has 1 atom stereocenters. The van der Waals surface area contributed by atoms with E-state index in [9.17, 15) is 0 Å². The molecule has 102 valence electrons. The van der Waals surface area contributed by atoms with Gasteiger partial charge < -0.3 is 15.0 Å². The zero-order chi connectivity index (χ0) is 13.4. The Morgan fingerprint density at radius 3 is 2.83 bits per heavy atom. The highest BCUT2D eigenvalue weighted by molar-refractivity contribution is 5.47. The molecule has 4 nitrogen and oxygen atoms in total. The minimum Gasteiger partial charge on any atom is -0.383 e. The lowest BCUT2D eigenvalue weighted by Gasteiger charge is -2.30. The third kappa shape index (κ3) is 3.96. The number of nitrogens with one attached hydrogen (secondary N) is 1. The van der Waals surface area contributed by atoms with Gasteiger partial charge in [0.1, 0.15) is 5.82 Å². The van der Waals surface area contributed by atoms with E-state index in [0.717, 1.165) is 25.5 Å². The van der Waals surface area contributed by atoms with E-state index in [1.54, 1.807) is 7.11 Å². The molecule has 0 bridgehead atoms. The molecule has 1 N–H and O–H groups in total. The second kappa shape index (κ2) is 8.06. The van der Waals surface area contributed by atoms with E-state index in [4.69, 9.17) is 4.74 Å². The summed E-state index contributed by atoms with van der Waals surface area (Å²) in [4.78, 5) is 6.82. The highest BCUT2D eigenvalue weighted by Crippen LogP contribution is 2.19. The number of hydrogen-bond acceptors (Lipinski definition) is 4. The fraction of sp³-hybridized carbons (Fsp3) is 0.643. The van der Waals surface area contributed by atoms with E-state index < -0.39 is 0 Å². The molecule has 0 aliphatic rings. The largest absolute Gasteiger partial charge is 0.383 e. The van der Waals surface area contributed by atoms with Crippen LogP contribution in [-0.2, 0) is 11.3 Å². The first-order chi connectivity index (χ1) is 8.74. The van der Waals surface area contributed by atoms with Crippen LogP contribution in [0.25, 0.3) is 0 Å². The fourth-order valence-electron chi connectivity index (χ4n) is 2.09. The van der Waals surface area contributed by atoms with Crippen molar-refractivity contribution in [3.63, 3.8) is 0 Å². The van der Waals surface area contributed by atoms with Gasteiger partial charge in [-0.15, -0.1) is 0 Å². The van der Waals surface area contributed by atoms with Crippen molar-refractivity contribution in [3.05, 3.63) is 23.9 Å². The summed E-state index contributed by atoms with van der Waals surface area (Å²) in [6, 6.07) is 4.45. The van der Waals surface area contributed by atoms with Gasteiger partial charge in [0.15, 0.2) is 0 Å². The molecule has 1 unspecified atom stereocenters. The number of aromatic nitrogens is 1. The Bertz CT molecular complexity index is 344. The van der Waals surface area contributed by atoms with Gasteiger partial charge in [-0.05, 0) is 26.5 Å². The standard InChI is InChI=1S/C14H25N3O/c1-5-15-10-13-8-7-9-16-14(13)17(6-2)12(3)11-18-4/h7-9,12,15H,5-6,10-11H2,1-4H3. The van der Waals surface area contributed by atoms with Crippen LogP contribution in [0.3, 0.4) is 0 Å². The van der Waals surface area contributed by atoms with Crippen molar-refractivity contribution in [2.75, 3.05) is 31.7 Å². The number of rotatable bonds is 8. The average molecular weight is 251 g/mol. The number of nitrogens with zero attached hydrogens (tertiary/aromatic N) is 2. The summed E-state index contributed by atoms with van der Waals surface area (Å²) in [6.45, 7) is 9.90. The Kier molecular flexibility index (Phi) is 6.68. The maximum absolute atomic E-state index is 5.24. The number of pyridine rings is 1. The van der Waals surface area contributed by atoms with E-state index >= 15 is 0 Å².